The second-order valence-electron chi connectivity index (χ2n) is 6.11. The number of benzene rings is 1. The first kappa shape index (κ1) is 16.5. The van der Waals surface area contributed by atoms with E-state index in [-0.39, 0.29) is 6.42 Å². The van der Waals surface area contributed by atoms with Gasteiger partial charge in [0.05, 0.1) is 13.0 Å². The normalized spacial score (nSPS) is 17.0. The van der Waals surface area contributed by atoms with Crippen molar-refractivity contribution in [3.8, 4) is 5.75 Å². The molecule has 1 aromatic carbocycles. The lowest BCUT2D eigenvalue weighted by Gasteiger charge is -2.22. The minimum atomic E-state index is -0.445. The topological polar surface area (TPSA) is 81.8 Å². The zero-order chi connectivity index (χ0) is 15.9. The summed E-state index contributed by atoms with van der Waals surface area (Å²) in [5, 5.41) is 3.02. The summed E-state index contributed by atoms with van der Waals surface area (Å²) >= 11 is 0. The standard InChI is InChI=1S/C17H24N2O3/c1-12(19-21)14-7-8-16(15(9-14)10-17(18)20)22-11-13-5-3-2-4-6-13/h7-9,12-13H,2-6,10-11H2,1H3,(H2,18,20). The smallest absolute Gasteiger partial charge is 0.221 e. The highest BCUT2D eigenvalue weighted by Crippen LogP contribution is 2.28. The van der Waals surface area contributed by atoms with Crippen molar-refractivity contribution >= 4 is 5.91 Å². The number of carbonyl (C=O) groups excluding carboxylic acids is 1. The van der Waals surface area contributed by atoms with E-state index in [0.717, 1.165) is 11.1 Å². The number of ether oxygens (including phenoxy) is 1. The number of nitrogens with zero attached hydrogens (tertiary/aromatic N) is 1. The van der Waals surface area contributed by atoms with Crippen LogP contribution in [0.4, 0.5) is 0 Å². The minimum Gasteiger partial charge on any atom is -0.493 e. The average Bonchev–Trinajstić information content (AvgIpc) is 2.53. The number of rotatable bonds is 7. The quantitative estimate of drug-likeness (QED) is 0.783. The third-order valence-electron chi connectivity index (χ3n) is 4.29. The van der Waals surface area contributed by atoms with E-state index in [1.165, 1.54) is 32.1 Å². The van der Waals surface area contributed by atoms with Crippen molar-refractivity contribution in [3.63, 3.8) is 0 Å². The molecule has 22 heavy (non-hydrogen) atoms. The molecule has 1 aromatic rings. The summed E-state index contributed by atoms with van der Waals surface area (Å²) in [6.07, 6.45) is 6.37. The van der Waals surface area contributed by atoms with E-state index in [0.29, 0.717) is 18.3 Å². The fourth-order valence-corrected chi connectivity index (χ4v) is 2.95. The van der Waals surface area contributed by atoms with Gasteiger partial charge in [-0.1, -0.05) is 30.5 Å². The number of amides is 1. The van der Waals surface area contributed by atoms with Crippen LogP contribution in [0.2, 0.25) is 0 Å². The van der Waals surface area contributed by atoms with Gasteiger partial charge in [-0.3, -0.25) is 4.79 Å². The van der Waals surface area contributed by atoms with Crippen LogP contribution in [0.25, 0.3) is 0 Å². The van der Waals surface area contributed by atoms with Crippen LogP contribution in [0.1, 0.15) is 56.2 Å². The van der Waals surface area contributed by atoms with Crippen LogP contribution in [-0.4, -0.2) is 12.5 Å². The van der Waals surface area contributed by atoms with Gasteiger partial charge in [-0.15, -0.1) is 0 Å². The summed E-state index contributed by atoms with van der Waals surface area (Å²) in [6, 6.07) is 5.00. The van der Waals surface area contributed by atoms with E-state index in [2.05, 4.69) is 5.18 Å². The summed E-state index contributed by atoms with van der Waals surface area (Å²) < 4.78 is 5.93. The molecule has 0 aliphatic heterocycles. The molecule has 120 valence electrons. The fraction of sp³-hybridized carbons (Fsp3) is 0.588. The van der Waals surface area contributed by atoms with Gasteiger partial charge < -0.3 is 10.5 Å². The van der Waals surface area contributed by atoms with Gasteiger partial charge >= 0.3 is 0 Å². The van der Waals surface area contributed by atoms with Gasteiger partial charge in [0.1, 0.15) is 11.8 Å². The zero-order valence-corrected chi connectivity index (χ0v) is 13.1. The Kier molecular flexibility index (Phi) is 5.92. The Morgan fingerprint density at radius 3 is 2.73 bits per heavy atom. The highest BCUT2D eigenvalue weighted by Gasteiger charge is 2.16. The van der Waals surface area contributed by atoms with Crippen LogP contribution in [0.3, 0.4) is 0 Å². The van der Waals surface area contributed by atoms with E-state index < -0.39 is 11.9 Å². The maximum atomic E-state index is 11.3. The first-order valence-electron chi connectivity index (χ1n) is 7.96. The Morgan fingerprint density at radius 1 is 1.36 bits per heavy atom. The molecule has 0 radical (unpaired) electrons. The highest BCUT2D eigenvalue weighted by atomic mass is 16.5. The van der Waals surface area contributed by atoms with Crippen LogP contribution < -0.4 is 10.5 Å². The molecule has 1 fully saturated rings. The van der Waals surface area contributed by atoms with Gasteiger partial charge in [0.2, 0.25) is 5.91 Å². The summed E-state index contributed by atoms with van der Waals surface area (Å²) in [5.41, 5.74) is 6.82. The van der Waals surface area contributed by atoms with Crippen molar-refractivity contribution in [3.05, 3.63) is 34.2 Å². The predicted molar refractivity (Wildman–Crippen MR) is 85.6 cm³/mol. The molecule has 0 bridgehead atoms. The van der Waals surface area contributed by atoms with Gasteiger partial charge in [0.25, 0.3) is 0 Å². The molecule has 1 atom stereocenters. The second-order valence-corrected chi connectivity index (χ2v) is 6.11. The SMILES string of the molecule is CC(N=O)c1ccc(OCC2CCCCC2)c(CC(N)=O)c1. The number of primary amides is 1. The predicted octanol–water partition coefficient (Wildman–Crippen LogP) is 3.50. The zero-order valence-electron chi connectivity index (χ0n) is 13.1. The molecular weight excluding hydrogens is 280 g/mol. The first-order valence-corrected chi connectivity index (χ1v) is 7.96. The molecule has 1 saturated carbocycles. The van der Waals surface area contributed by atoms with E-state index >= 15 is 0 Å². The van der Waals surface area contributed by atoms with E-state index in [1.54, 1.807) is 13.0 Å². The Morgan fingerprint density at radius 2 is 2.09 bits per heavy atom. The number of nitrogens with two attached hydrogens (primary N) is 1. The highest BCUT2D eigenvalue weighted by molar-refractivity contribution is 5.77. The molecule has 0 heterocycles. The van der Waals surface area contributed by atoms with Crippen molar-refractivity contribution in [1.29, 1.82) is 0 Å². The number of nitroso groups, excluding NO2 is 1. The molecule has 2 N–H and O–H groups in total. The van der Waals surface area contributed by atoms with Crippen LogP contribution in [0.15, 0.2) is 23.4 Å². The molecule has 2 rings (SSSR count). The average molecular weight is 304 g/mol. The maximum Gasteiger partial charge on any atom is 0.221 e. The molecule has 5 nitrogen and oxygen atoms in total. The Hall–Kier alpha value is -1.91. The third-order valence-corrected chi connectivity index (χ3v) is 4.29. The molecule has 1 aliphatic rings. The summed E-state index contributed by atoms with van der Waals surface area (Å²) in [4.78, 5) is 21.9. The van der Waals surface area contributed by atoms with Gasteiger partial charge in [-0.05, 0) is 43.4 Å². The lowest BCUT2D eigenvalue weighted by molar-refractivity contribution is -0.117. The monoisotopic (exact) mass is 304 g/mol. The molecule has 1 unspecified atom stereocenters. The molecule has 0 aromatic heterocycles. The van der Waals surface area contributed by atoms with Gasteiger partial charge in [0, 0.05) is 5.56 Å². The van der Waals surface area contributed by atoms with Crippen molar-refractivity contribution in [1.82, 2.24) is 0 Å². The van der Waals surface area contributed by atoms with Crippen LogP contribution in [0, 0.1) is 10.8 Å². The molecular formula is C17H24N2O3. The van der Waals surface area contributed by atoms with Gasteiger partial charge in [0.15, 0.2) is 0 Å². The van der Waals surface area contributed by atoms with E-state index in [1.807, 2.05) is 12.1 Å². The number of carbonyl (C=O) groups is 1. The lowest BCUT2D eigenvalue weighted by atomic mass is 9.90. The first-order chi connectivity index (χ1) is 10.6. The second kappa shape index (κ2) is 7.92. The molecule has 1 aliphatic carbocycles. The van der Waals surface area contributed by atoms with Crippen molar-refractivity contribution < 1.29 is 9.53 Å². The van der Waals surface area contributed by atoms with Gasteiger partial charge in [-0.25, -0.2) is 0 Å². The van der Waals surface area contributed by atoms with Crippen LogP contribution in [-0.2, 0) is 11.2 Å². The third kappa shape index (κ3) is 4.55. The number of hydrogen-bond acceptors (Lipinski definition) is 4. The maximum absolute atomic E-state index is 11.3. The summed E-state index contributed by atoms with van der Waals surface area (Å²) in [7, 11) is 0. The van der Waals surface area contributed by atoms with Crippen LogP contribution in [0.5, 0.6) is 5.75 Å². The molecule has 5 heteroatoms. The summed E-state index contributed by atoms with van der Waals surface area (Å²) in [6.45, 7) is 2.39. The minimum absolute atomic E-state index is 0.111. The lowest BCUT2D eigenvalue weighted by Crippen LogP contribution is -2.18. The Labute approximate surface area is 131 Å². The molecule has 1 amide bonds. The van der Waals surface area contributed by atoms with Crippen molar-refractivity contribution in [2.45, 2.75) is 51.5 Å². The molecule has 0 spiro atoms. The van der Waals surface area contributed by atoms with E-state index in [9.17, 15) is 9.70 Å². The largest absolute Gasteiger partial charge is 0.493 e. The fourth-order valence-electron chi connectivity index (χ4n) is 2.95. The number of hydrogen-bond donors (Lipinski definition) is 1. The van der Waals surface area contributed by atoms with Crippen molar-refractivity contribution in [2.75, 3.05) is 6.61 Å². The van der Waals surface area contributed by atoms with Gasteiger partial charge in [-0.2, -0.15) is 4.91 Å². The Bertz CT molecular complexity index is 525. The van der Waals surface area contributed by atoms with Crippen molar-refractivity contribution in [2.24, 2.45) is 16.8 Å². The molecule has 0 saturated heterocycles. The Balaban J connectivity index is 2.10. The summed E-state index contributed by atoms with van der Waals surface area (Å²) in [5.74, 6) is 0.864. The van der Waals surface area contributed by atoms with Crippen LogP contribution >= 0.6 is 0 Å². The van der Waals surface area contributed by atoms with E-state index in [4.69, 9.17) is 10.5 Å².